The van der Waals surface area contributed by atoms with Crippen molar-refractivity contribution in [3.8, 4) is 0 Å². The molecule has 2 rings (SSSR count). The number of carbonyl (C=O) groups is 2. The van der Waals surface area contributed by atoms with Gasteiger partial charge in [-0.25, -0.2) is 0 Å². The van der Waals surface area contributed by atoms with Crippen molar-refractivity contribution in [3.63, 3.8) is 0 Å². The molecular weight excluding hydrogens is 312 g/mol. The topological polar surface area (TPSA) is 58.2 Å². The molecule has 0 unspecified atom stereocenters. The van der Waals surface area contributed by atoms with Crippen LogP contribution in [0.25, 0.3) is 0 Å². The molecule has 25 heavy (non-hydrogen) atoms. The third-order valence-corrected chi connectivity index (χ3v) is 4.02. The zero-order chi connectivity index (χ0) is 18.2. The van der Waals surface area contributed by atoms with E-state index in [2.05, 4.69) is 22.8 Å². The second-order valence-electron chi connectivity index (χ2n) is 6.56. The van der Waals surface area contributed by atoms with Crippen molar-refractivity contribution in [1.82, 2.24) is 0 Å². The summed E-state index contributed by atoms with van der Waals surface area (Å²) in [5.41, 5.74) is 3.65. The first kappa shape index (κ1) is 18.7. The van der Waals surface area contributed by atoms with Gasteiger partial charge in [-0.1, -0.05) is 50.2 Å². The second-order valence-corrected chi connectivity index (χ2v) is 6.56. The van der Waals surface area contributed by atoms with E-state index in [4.69, 9.17) is 0 Å². The van der Waals surface area contributed by atoms with E-state index in [1.54, 1.807) is 0 Å². The van der Waals surface area contributed by atoms with E-state index >= 15 is 0 Å². The second kappa shape index (κ2) is 9.02. The van der Waals surface area contributed by atoms with Crippen molar-refractivity contribution in [1.29, 1.82) is 0 Å². The summed E-state index contributed by atoms with van der Waals surface area (Å²) in [6.07, 6.45) is 2.16. The van der Waals surface area contributed by atoms with Crippen molar-refractivity contribution in [2.24, 2.45) is 5.92 Å². The number of anilines is 2. The van der Waals surface area contributed by atoms with Gasteiger partial charge in [0.1, 0.15) is 0 Å². The van der Waals surface area contributed by atoms with E-state index in [1.807, 2.05) is 57.2 Å². The van der Waals surface area contributed by atoms with Crippen LogP contribution in [0, 0.1) is 12.8 Å². The lowest BCUT2D eigenvalue weighted by Crippen LogP contribution is -2.18. The van der Waals surface area contributed by atoms with E-state index in [1.165, 1.54) is 5.56 Å². The summed E-state index contributed by atoms with van der Waals surface area (Å²) in [5.74, 6) is -0.132. The molecule has 0 fully saturated rings. The van der Waals surface area contributed by atoms with Gasteiger partial charge in [0.25, 0.3) is 0 Å². The summed E-state index contributed by atoms with van der Waals surface area (Å²) in [6.45, 7) is 5.63. The maximum atomic E-state index is 12.2. The predicted octanol–water partition coefficient (Wildman–Crippen LogP) is 4.55. The van der Waals surface area contributed by atoms with E-state index in [0.29, 0.717) is 12.1 Å². The maximum Gasteiger partial charge on any atom is 0.226 e. The molecule has 0 radical (unpaired) electrons. The van der Waals surface area contributed by atoms with Gasteiger partial charge in [0.05, 0.1) is 0 Å². The number of hydrogen-bond acceptors (Lipinski definition) is 2. The van der Waals surface area contributed by atoms with Crippen LogP contribution in [0.4, 0.5) is 11.4 Å². The van der Waals surface area contributed by atoms with Crippen LogP contribution in [-0.2, 0) is 16.0 Å². The Morgan fingerprint density at radius 3 is 2.40 bits per heavy atom. The van der Waals surface area contributed by atoms with Gasteiger partial charge in [-0.2, -0.15) is 0 Å². The monoisotopic (exact) mass is 338 g/mol. The van der Waals surface area contributed by atoms with Crippen molar-refractivity contribution >= 4 is 23.2 Å². The summed E-state index contributed by atoms with van der Waals surface area (Å²) in [4.78, 5) is 24.0. The van der Waals surface area contributed by atoms with Gasteiger partial charge < -0.3 is 10.6 Å². The van der Waals surface area contributed by atoms with Gasteiger partial charge in [-0.05, 0) is 43.0 Å². The molecule has 0 spiro atoms. The Morgan fingerprint density at radius 1 is 1.00 bits per heavy atom. The van der Waals surface area contributed by atoms with Gasteiger partial charge in [0.15, 0.2) is 0 Å². The number of aryl methyl sites for hydroxylation is 2. The largest absolute Gasteiger partial charge is 0.326 e. The Balaban J connectivity index is 1.90. The van der Waals surface area contributed by atoms with E-state index < -0.39 is 0 Å². The average Bonchev–Trinajstić information content (AvgIpc) is 2.58. The van der Waals surface area contributed by atoms with Crippen molar-refractivity contribution in [3.05, 3.63) is 59.7 Å². The minimum atomic E-state index is -0.0858. The maximum absolute atomic E-state index is 12.2. The minimum Gasteiger partial charge on any atom is -0.326 e. The average molecular weight is 338 g/mol. The molecule has 2 aromatic carbocycles. The number of benzene rings is 2. The van der Waals surface area contributed by atoms with E-state index in [-0.39, 0.29) is 17.7 Å². The van der Waals surface area contributed by atoms with Crippen LogP contribution in [0.2, 0.25) is 0 Å². The van der Waals surface area contributed by atoms with Gasteiger partial charge in [-0.15, -0.1) is 0 Å². The number of rotatable bonds is 7. The highest BCUT2D eigenvalue weighted by Gasteiger charge is 2.10. The van der Waals surface area contributed by atoms with Crippen molar-refractivity contribution < 1.29 is 9.59 Å². The lowest BCUT2D eigenvalue weighted by molar-refractivity contribution is -0.119. The molecule has 0 aromatic heterocycles. The number of hydrogen-bond donors (Lipinski definition) is 2. The summed E-state index contributed by atoms with van der Waals surface area (Å²) in [6, 6.07) is 15.7. The molecular formula is C21H26N2O2. The van der Waals surface area contributed by atoms with Gasteiger partial charge in [0, 0.05) is 23.7 Å². The fourth-order valence-electron chi connectivity index (χ4n) is 2.43. The quantitative estimate of drug-likeness (QED) is 0.778. The molecule has 2 N–H and O–H groups in total. The lowest BCUT2D eigenvalue weighted by atomic mass is 10.1. The molecule has 0 bridgehead atoms. The van der Waals surface area contributed by atoms with Crippen LogP contribution in [0.5, 0.6) is 0 Å². The Morgan fingerprint density at radius 2 is 1.72 bits per heavy atom. The lowest BCUT2D eigenvalue weighted by Gasteiger charge is -2.12. The fourth-order valence-corrected chi connectivity index (χ4v) is 2.43. The zero-order valence-corrected chi connectivity index (χ0v) is 15.1. The molecule has 2 aromatic rings. The molecule has 0 aliphatic rings. The Bertz CT molecular complexity index is 724. The van der Waals surface area contributed by atoms with Gasteiger partial charge >= 0.3 is 0 Å². The Labute approximate surface area is 149 Å². The first-order valence-electron chi connectivity index (χ1n) is 8.71. The SMILES string of the molecule is Cc1ccc(NC(=O)C(C)C)cc1NC(=O)CCCc1ccccc1. The van der Waals surface area contributed by atoms with Crippen LogP contribution >= 0.6 is 0 Å². The molecule has 0 atom stereocenters. The third kappa shape index (κ3) is 6.07. The molecule has 0 aliphatic carbocycles. The molecule has 0 saturated carbocycles. The highest BCUT2D eigenvalue weighted by atomic mass is 16.2. The van der Waals surface area contributed by atoms with Crippen LogP contribution in [0.3, 0.4) is 0 Å². The summed E-state index contributed by atoms with van der Waals surface area (Å²) >= 11 is 0. The molecule has 132 valence electrons. The minimum absolute atomic E-state index is 0.00799. The molecule has 0 saturated heterocycles. The highest BCUT2D eigenvalue weighted by Crippen LogP contribution is 2.21. The Kier molecular flexibility index (Phi) is 6.75. The molecule has 0 aliphatic heterocycles. The summed E-state index contributed by atoms with van der Waals surface area (Å²) in [7, 11) is 0. The number of nitrogens with one attached hydrogen (secondary N) is 2. The standard InChI is InChI=1S/C21H26N2O2/c1-15(2)21(25)22-18-13-12-16(3)19(14-18)23-20(24)11-7-10-17-8-5-4-6-9-17/h4-6,8-9,12-15H,7,10-11H2,1-3H3,(H,22,25)(H,23,24). The predicted molar refractivity (Wildman–Crippen MR) is 103 cm³/mol. The Hall–Kier alpha value is -2.62. The molecule has 4 heteroatoms. The molecule has 0 heterocycles. The smallest absolute Gasteiger partial charge is 0.226 e. The zero-order valence-electron chi connectivity index (χ0n) is 15.1. The highest BCUT2D eigenvalue weighted by molar-refractivity contribution is 5.95. The van der Waals surface area contributed by atoms with Crippen LogP contribution in [-0.4, -0.2) is 11.8 Å². The van der Waals surface area contributed by atoms with Crippen molar-refractivity contribution in [2.45, 2.75) is 40.0 Å². The van der Waals surface area contributed by atoms with Gasteiger partial charge in [0.2, 0.25) is 11.8 Å². The van der Waals surface area contributed by atoms with Crippen LogP contribution in [0.1, 0.15) is 37.8 Å². The van der Waals surface area contributed by atoms with Crippen LogP contribution < -0.4 is 10.6 Å². The molecule has 4 nitrogen and oxygen atoms in total. The third-order valence-electron chi connectivity index (χ3n) is 4.02. The van der Waals surface area contributed by atoms with E-state index in [0.717, 1.165) is 24.1 Å². The first-order valence-corrected chi connectivity index (χ1v) is 8.71. The summed E-state index contributed by atoms with van der Waals surface area (Å²) in [5, 5.41) is 5.81. The van der Waals surface area contributed by atoms with Crippen LogP contribution in [0.15, 0.2) is 48.5 Å². The fraction of sp³-hybridized carbons (Fsp3) is 0.333. The van der Waals surface area contributed by atoms with E-state index in [9.17, 15) is 9.59 Å². The number of amides is 2. The first-order chi connectivity index (χ1) is 12.0. The summed E-state index contributed by atoms with van der Waals surface area (Å²) < 4.78 is 0. The van der Waals surface area contributed by atoms with Crippen molar-refractivity contribution in [2.75, 3.05) is 10.6 Å². The molecule has 2 amide bonds. The number of carbonyl (C=O) groups excluding carboxylic acids is 2. The normalized spacial score (nSPS) is 10.6. The van der Waals surface area contributed by atoms with Gasteiger partial charge in [-0.3, -0.25) is 9.59 Å².